The normalized spacial score (nSPS) is 25.9. The molecule has 3 rings (SSSR count). The molecule has 5 heteroatoms. The zero-order chi connectivity index (χ0) is 14.0. The van der Waals surface area contributed by atoms with E-state index >= 15 is 0 Å². The smallest absolute Gasteiger partial charge is 0.410 e. The van der Waals surface area contributed by atoms with Crippen molar-refractivity contribution < 1.29 is 14.3 Å². The molecule has 0 saturated carbocycles. The number of cyclic esters (lactones) is 1. The molecule has 1 aromatic rings. The molecule has 1 amide bonds. The van der Waals surface area contributed by atoms with E-state index in [-0.39, 0.29) is 11.6 Å². The van der Waals surface area contributed by atoms with Gasteiger partial charge in [0.25, 0.3) is 0 Å². The van der Waals surface area contributed by atoms with Gasteiger partial charge in [-0.3, -0.25) is 4.90 Å². The van der Waals surface area contributed by atoms with E-state index < -0.39 is 0 Å². The SMILES string of the molecule is COc1ccc(CN2C(=O)OCC23CCCNC3)cc1. The Morgan fingerprint density at radius 2 is 2.20 bits per heavy atom. The van der Waals surface area contributed by atoms with Crippen molar-refractivity contribution in [2.75, 3.05) is 26.8 Å². The third kappa shape index (κ3) is 2.33. The minimum absolute atomic E-state index is 0.171. The van der Waals surface area contributed by atoms with E-state index in [0.29, 0.717) is 13.2 Å². The molecule has 5 nitrogen and oxygen atoms in total. The highest BCUT2D eigenvalue weighted by Crippen LogP contribution is 2.32. The van der Waals surface area contributed by atoms with Crippen LogP contribution < -0.4 is 10.1 Å². The van der Waals surface area contributed by atoms with Gasteiger partial charge >= 0.3 is 6.09 Å². The molecule has 108 valence electrons. The van der Waals surface area contributed by atoms with E-state index in [1.807, 2.05) is 29.2 Å². The Morgan fingerprint density at radius 1 is 1.40 bits per heavy atom. The summed E-state index contributed by atoms with van der Waals surface area (Å²) >= 11 is 0. The zero-order valence-corrected chi connectivity index (χ0v) is 11.7. The molecule has 1 atom stereocenters. The fourth-order valence-electron chi connectivity index (χ4n) is 3.00. The van der Waals surface area contributed by atoms with E-state index in [9.17, 15) is 4.79 Å². The lowest BCUT2D eigenvalue weighted by molar-refractivity contribution is 0.124. The van der Waals surface area contributed by atoms with Crippen LogP contribution in [0.5, 0.6) is 5.75 Å². The van der Waals surface area contributed by atoms with Gasteiger partial charge in [-0.15, -0.1) is 0 Å². The van der Waals surface area contributed by atoms with E-state index in [0.717, 1.165) is 37.2 Å². The summed E-state index contributed by atoms with van der Waals surface area (Å²) in [7, 11) is 1.65. The largest absolute Gasteiger partial charge is 0.497 e. The number of benzene rings is 1. The van der Waals surface area contributed by atoms with Gasteiger partial charge in [-0.25, -0.2) is 4.79 Å². The molecule has 1 aromatic carbocycles. The Labute approximate surface area is 118 Å². The van der Waals surface area contributed by atoms with Crippen molar-refractivity contribution in [3.05, 3.63) is 29.8 Å². The van der Waals surface area contributed by atoms with Crippen molar-refractivity contribution in [1.82, 2.24) is 10.2 Å². The molecule has 0 aromatic heterocycles. The summed E-state index contributed by atoms with van der Waals surface area (Å²) < 4.78 is 10.5. The number of rotatable bonds is 3. The first-order chi connectivity index (χ1) is 9.73. The summed E-state index contributed by atoms with van der Waals surface area (Å²) in [6.45, 7) is 2.92. The zero-order valence-electron chi connectivity index (χ0n) is 11.7. The van der Waals surface area contributed by atoms with Crippen molar-refractivity contribution in [2.45, 2.75) is 24.9 Å². The topological polar surface area (TPSA) is 50.8 Å². The summed E-state index contributed by atoms with van der Waals surface area (Å²) in [5, 5.41) is 3.38. The van der Waals surface area contributed by atoms with Gasteiger partial charge in [0.05, 0.1) is 12.6 Å². The number of piperidine rings is 1. The monoisotopic (exact) mass is 276 g/mol. The van der Waals surface area contributed by atoms with Crippen LogP contribution in [0.1, 0.15) is 18.4 Å². The predicted molar refractivity (Wildman–Crippen MR) is 74.7 cm³/mol. The molecular weight excluding hydrogens is 256 g/mol. The number of nitrogens with one attached hydrogen (secondary N) is 1. The summed E-state index contributed by atoms with van der Waals surface area (Å²) in [5.41, 5.74) is 0.921. The van der Waals surface area contributed by atoms with Crippen LogP contribution in [0.15, 0.2) is 24.3 Å². The van der Waals surface area contributed by atoms with Crippen LogP contribution in [0.2, 0.25) is 0 Å². The maximum absolute atomic E-state index is 12.0. The van der Waals surface area contributed by atoms with Crippen LogP contribution in [-0.4, -0.2) is 43.3 Å². The molecule has 2 aliphatic heterocycles. The summed E-state index contributed by atoms with van der Waals surface area (Å²) in [6, 6.07) is 7.83. The number of hydrogen-bond donors (Lipinski definition) is 1. The lowest BCUT2D eigenvalue weighted by Crippen LogP contribution is -2.56. The Morgan fingerprint density at radius 3 is 2.85 bits per heavy atom. The maximum Gasteiger partial charge on any atom is 0.410 e. The quantitative estimate of drug-likeness (QED) is 0.914. The minimum Gasteiger partial charge on any atom is -0.497 e. The average Bonchev–Trinajstić information content (AvgIpc) is 2.78. The van der Waals surface area contributed by atoms with E-state index in [1.165, 1.54) is 0 Å². The third-order valence-electron chi connectivity index (χ3n) is 4.21. The summed E-state index contributed by atoms with van der Waals surface area (Å²) in [5.74, 6) is 0.826. The number of methoxy groups -OCH3 is 1. The fraction of sp³-hybridized carbons (Fsp3) is 0.533. The number of amides is 1. The van der Waals surface area contributed by atoms with Crippen molar-refractivity contribution in [3.8, 4) is 5.75 Å². The van der Waals surface area contributed by atoms with Crippen LogP contribution in [-0.2, 0) is 11.3 Å². The van der Waals surface area contributed by atoms with Crippen molar-refractivity contribution >= 4 is 6.09 Å². The first-order valence-corrected chi connectivity index (χ1v) is 7.02. The number of carbonyl (C=O) groups excluding carboxylic acids is 1. The Kier molecular flexibility index (Phi) is 3.53. The Hall–Kier alpha value is -1.75. The molecule has 2 aliphatic rings. The lowest BCUT2D eigenvalue weighted by atomic mass is 9.89. The molecule has 1 N–H and O–H groups in total. The van der Waals surface area contributed by atoms with Crippen LogP contribution in [0, 0.1) is 0 Å². The lowest BCUT2D eigenvalue weighted by Gasteiger charge is -2.38. The summed E-state index contributed by atoms with van der Waals surface area (Å²) in [6.07, 6.45) is 1.88. The molecule has 1 spiro atoms. The number of carbonyl (C=O) groups is 1. The van der Waals surface area contributed by atoms with Gasteiger partial charge in [-0.1, -0.05) is 12.1 Å². The number of hydrogen-bond acceptors (Lipinski definition) is 4. The number of ether oxygens (including phenoxy) is 2. The molecule has 0 bridgehead atoms. The third-order valence-corrected chi connectivity index (χ3v) is 4.21. The average molecular weight is 276 g/mol. The standard InChI is InChI=1S/C15H20N2O3/c1-19-13-5-3-12(4-6-13)9-17-14(18)20-11-15(17)7-2-8-16-10-15/h3-6,16H,2,7-11H2,1H3. The first-order valence-electron chi connectivity index (χ1n) is 7.02. The maximum atomic E-state index is 12.0. The van der Waals surface area contributed by atoms with Gasteiger partial charge in [0.2, 0.25) is 0 Å². The molecule has 1 unspecified atom stereocenters. The summed E-state index contributed by atoms with van der Waals surface area (Å²) in [4.78, 5) is 13.9. The van der Waals surface area contributed by atoms with E-state index in [4.69, 9.17) is 9.47 Å². The molecule has 2 heterocycles. The molecular formula is C15H20N2O3. The van der Waals surface area contributed by atoms with Crippen LogP contribution in [0.3, 0.4) is 0 Å². The van der Waals surface area contributed by atoms with E-state index in [2.05, 4.69) is 5.32 Å². The second-order valence-corrected chi connectivity index (χ2v) is 5.49. The number of nitrogens with zero attached hydrogens (tertiary/aromatic N) is 1. The van der Waals surface area contributed by atoms with Gasteiger partial charge in [0, 0.05) is 13.1 Å². The molecule has 2 fully saturated rings. The van der Waals surface area contributed by atoms with Crippen molar-refractivity contribution in [3.63, 3.8) is 0 Å². The second-order valence-electron chi connectivity index (χ2n) is 5.49. The highest BCUT2D eigenvalue weighted by molar-refractivity contribution is 5.71. The molecule has 0 radical (unpaired) electrons. The fourth-order valence-corrected chi connectivity index (χ4v) is 3.00. The van der Waals surface area contributed by atoms with Crippen LogP contribution in [0.25, 0.3) is 0 Å². The van der Waals surface area contributed by atoms with Gasteiger partial charge in [0.15, 0.2) is 0 Å². The Bertz CT molecular complexity index is 480. The minimum atomic E-state index is -0.204. The molecule has 2 saturated heterocycles. The highest BCUT2D eigenvalue weighted by Gasteiger charge is 2.47. The molecule has 20 heavy (non-hydrogen) atoms. The Balaban J connectivity index is 1.77. The van der Waals surface area contributed by atoms with Crippen molar-refractivity contribution in [1.29, 1.82) is 0 Å². The van der Waals surface area contributed by atoms with Gasteiger partial charge < -0.3 is 14.8 Å². The van der Waals surface area contributed by atoms with Gasteiger partial charge in [0.1, 0.15) is 12.4 Å². The second kappa shape index (κ2) is 5.32. The predicted octanol–water partition coefficient (Wildman–Crippen LogP) is 1.77. The van der Waals surface area contributed by atoms with Gasteiger partial charge in [-0.2, -0.15) is 0 Å². The van der Waals surface area contributed by atoms with Gasteiger partial charge in [-0.05, 0) is 37.1 Å². The first kappa shape index (κ1) is 13.2. The van der Waals surface area contributed by atoms with Crippen LogP contribution in [0.4, 0.5) is 4.79 Å². The van der Waals surface area contributed by atoms with Crippen LogP contribution >= 0.6 is 0 Å². The molecule has 0 aliphatic carbocycles. The van der Waals surface area contributed by atoms with E-state index in [1.54, 1.807) is 7.11 Å². The highest BCUT2D eigenvalue weighted by atomic mass is 16.6. The van der Waals surface area contributed by atoms with Crippen molar-refractivity contribution in [2.24, 2.45) is 0 Å².